The highest BCUT2D eigenvalue weighted by molar-refractivity contribution is 5.79. The number of anilines is 2. The van der Waals surface area contributed by atoms with Crippen LogP contribution in [0.4, 0.5) is 11.4 Å². The molecule has 26 heavy (non-hydrogen) atoms. The quantitative estimate of drug-likeness (QED) is 0.860. The molecule has 0 bridgehead atoms. The third kappa shape index (κ3) is 3.49. The van der Waals surface area contributed by atoms with Crippen LogP contribution in [0.25, 0.3) is 0 Å². The summed E-state index contributed by atoms with van der Waals surface area (Å²) in [5, 5.41) is 5.51. The van der Waals surface area contributed by atoms with E-state index >= 15 is 0 Å². The Morgan fingerprint density at radius 3 is 2.12 bits per heavy atom. The first-order valence-electron chi connectivity index (χ1n) is 8.74. The minimum atomic E-state index is -0.311. The maximum absolute atomic E-state index is 12.6. The lowest BCUT2D eigenvalue weighted by Gasteiger charge is -2.39. The standard InChI is InChI=1S/C20H24N4O2/c1-15-14-20(22(21-16(2)25)18-10-6-4-7-11-18)24(17(3)26)23(15)19-12-8-5-9-13-19/h4-13,15,20H,14H2,1-3H3,(H,21,25)/t15-,20+/m1/s1. The molecule has 0 aliphatic carbocycles. The van der Waals surface area contributed by atoms with Crippen molar-refractivity contribution in [3.8, 4) is 0 Å². The highest BCUT2D eigenvalue weighted by atomic mass is 16.2. The molecule has 1 N–H and O–H groups in total. The van der Waals surface area contributed by atoms with E-state index in [-0.39, 0.29) is 24.0 Å². The fraction of sp³-hybridized carbons (Fsp3) is 0.300. The van der Waals surface area contributed by atoms with Gasteiger partial charge in [0, 0.05) is 20.3 Å². The number of nitrogens with zero attached hydrogens (tertiary/aromatic N) is 3. The SMILES string of the molecule is CC(=O)NN(c1ccccc1)[C@@H]1C[C@@H](C)N(c2ccccc2)N1C(C)=O. The van der Waals surface area contributed by atoms with Crippen molar-refractivity contribution in [3.63, 3.8) is 0 Å². The van der Waals surface area contributed by atoms with E-state index in [9.17, 15) is 9.59 Å². The van der Waals surface area contributed by atoms with Crippen LogP contribution in [-0.4, -0.2) is 29.0 Å². The van der Waals surface area contributed by atoms with Gasteiger partial charge in [-0.3, -0.25) is 25.0 Å². The second kappa shape index (κ2) is 7.47. The molecule has 2 aromatic carbocycles. The van der Waals surface area contributed by atoms with Gasteiger partial charge in [0.25, 0.3) is 0 Å². The van der Waals surface area contributed by atoms with Gasteiger partial charge in [-0.15, -0.1) is 0 Å². The zero-order valence-electron chi connectivity index (χ0n) is 15.3. The fourth-order valence-electron chi connectivity index (χ4n) is 3.47. The van der Waals surface area contributed by atoms with E-state index in [0.29, 0.717) is 6.42 Å². The van der Waals surface area contributed by atoms with Gasteiger partial charge in [-0.25, -0.2) is 5.01 Å². The maximum Gasteiger partial charge on any atom is 0.240 e. The van der Waals surface area contributed by atoms with Gasteiger partial charge in [-0.2, -0.15) is 0 Å². The minimum Gasteiger partial charge on any atom is -0.278 e. The molecule has 1 aliphatic rings. The number of para-hydroxylation sites is 2. The smallest absolute Gasteiger partial charge is 0.240 e. The average molecular weight is 352 g/mol. The van der Waals surface area contributed by atoms with Crippen LogP contribution in [0, 0.1) is 0 Å². The summed E-state index contributed by atoms with van der Waals surface area (Å²) in [5.74, 6) is -0.252. The third-order valence-corrected chi connectivity index (χ3v) is 4.44. The van der Waals surface area contributed by atoms with E-state index in [2.05, 4.69) is 12.3 Å². The molecule has 1 heterocycles. The predicted octanol–water partition coefficient (Wildman–Crippen LogP) is 2.93. The molecule has 0 aromatic heterocycles. The molecule has 6 heteroatoms. The van der Waals surface area contributed by atoms with Crippen LogP contribution in [0.2, 0.25) is 0 Å². The van der Waals surface area contributed by atoms with E-state index in [1.165, 1.54) is 6.92 Å². The molecule has 0 radical (unpaired) electrons. The fourth-order valence-corrected chi connectivity index (χ4v) is 3.47. The van der Waals surface area contributed by atoms with E-state index in [1.807, 2.05) is 65.7 Å². The highest BCUT2D eigenvalue weighted by Crippen LogP contribution is 2.33. The number of rotatable bonds is 4. The van der Waals surface area contributed by atoms with Crippen LogP contribution >= 0.6 is 0 Å². The Labute approximate surface area is 153 Å². The summed E-state index contributed by atoms with van der Waals surface area (Å²) in [6, 6.07) is 19.5. The number of hydrazine groups is 2. The first-order chi connectivity index (χ1) is 12.5. The Morgan fingerprint density at radius 2 is 1.58 bits per heavy atom. The normalized spacial score (nSPS) is 19.3. The Balaban J connectivity index is 2.01. The summed E-state index contributed by atoms with van der Waals surface area (Å²) < 4.78 is 0. The van der Waals surface area contributed by atoms with Gasteiger partial charge < -0.3 is 0 Å². The number of benzene rings is 2. The van der Waals surface area contributed by atoms with Crippen molar-refractivity contribution in [2.75, 3.05) is 10.0 Å². The van der Waals surface area contributed by atoms with Crippen LogP contribution in [0.3, 0.4) is 0 Å². The van der Waals surface area contributed by atoms with Crippen molar-refractivity contribution in [1.29, 1.82) is 0 Å². The van der Waals surface area contributed by atoms with E-state index in [1.54, 1.807) is 16.9 Å². The lowest BCUT2D eigenvalue weighted by molar-refractivity contribution is -0.131. The maximum atomic E-state index is 12.6. The zero-order valence-corrected chi connectivity index (χ0v) is 15.3. The number of hydrogen-bond acceptors (Lipinski definition) is 4. The Morgan fingerprint density at radius 1 is 1.00 bits per heavy atom. The van der Waals surface area contributed by atoms with Gasteiger partial charge in [-0.1, -0.05) is 36.4 Å². The van der Waals surface area contributed by atoms with Gasteiger partial charge in [0.2, 0.25) is 11.8 Å². The van der Waals surface area contributed by atoms with Crippen LogP contribution in [0.5, 0.6) is 0 Å². The van der Waals surface area contributed by atoms with Crippen molar-refractivity contribution in [2.24, 2.45) is 0 Å². The second-order valence-corrected chi connectivity index (χ2v) is 6.48. The van der Waals surface area contributed by atoms with Crippen molar-refractivity contribution < 1.29 is 9.59 Å². The second-order valence-electron chi connectivity index (χ2n) is 6.48. The van der Waals surface area contributed by atoms with Crippen LogP contribution in [0.15, 0.2) is 60.7 Å². The average Bonchev–Trinajstić information content (AvgIpc) is 2.98. The summed E-state index contributed by atoms with van der Waals surface area (Å²) in [6.07, 6.45) is 0.387. The van der Waals surface area contributed by atoms with Gasteiger partial charge in [0.1, 0.15) is 6.17 Å². The molecule has 3 rings (SSSR count). The molecular weight excluding hydrogens is 328 g/mol. The summed E-state index contributed by atoms with van der Waals surface area (Å²) >= 11 is 0. The van der Waals surface area contributed by atoms with Crippen molar-refractivity contribution >= 4 is 23.2 Å². The predicted molar refractivity (Wildman–Crippen MR) is 102 cm³/mol. The lowest BCUT2D eigenvalue weighted by Crippen LogP contribution is -2.57. The number of carbonyl (C=O) groups is 2. The Hall–Kier alpha value is -3.02. The topological polar surface area (TPSA) is 55.9 Å². The van der Waals surface area contributed by atoms with Crippen molar-refractivity contribution in [3.05, 3.63) is 60.7 Å². The number of carbonyl (C=O) groups excluding carboxylic acids is 2. The molecule has 2 aromatic rings. The highest BCUT2D eigenvalue weighted by Gasteiger charge is 2.42. The number of amides is 2. The van der Waals surface area contributed by atoms with Gasteiger partial charge in [-0.05, 0) is 31.2 Å². The summed E-state index contributed by atoms with van der Waals surface area (Å²) in [7, 11) is 0. The van der Waals surface area contributed by atoms with E-state index in [4.69, 9.17) is 0 Å². The Kier molecular flexibility index (Phi) is 5.11. The summed E-state index contributed by atoms with van der Waals surface area (Å²) in [6.45, 7) is 5.11. The molecular formula is C20H24N4O2. The van der Waals surface area contributed by atoms with Gasteiger partial charge in [0.05, 0.1) is 17.4 Å². The zero-order chi connectivity index (χ0) is 18.7. The monoisotopic (exact) mass is 352 g/mol. The molecule has 0 saturated carbocycles. The van der Waals surface area contributed by atoms with Crippen LogP contribution in [-0.2, 0) is 9.59 Å². The van der Waals surface area contributed by atoms with Gasteiger partial charge >= 0.3 is 0 Å². The molecule has 0 spiro atoms. The molecule has 2 atom stereocenters. The largest absolute Gasteiger partial charge is 0.278 e. The van der Waals surface area contributed by atoms with Crippen LogP contribution < -0.4 is 15.4 Å². The van der Waals surface area contributed by atoms with E-state index in [0.717, 1.165) is 11.4 Å². The van der Waals surface area contributed by atoms with Crippen molar-refractivity contribution in [1.82, 2.24) is 10.4 Å². The lowest BCUT2D eigenvalue weighted by atomic mass is 10.2. The molecule has 6 nitrogen and oxygen atoms in total. The number of nitrogens with one attached hydrogen (secondary N) is 1. The molecule has 2 amide bonds. The molecule has 0 unspecified atom stereocenters. The molecule has 1 saturated heterocycles. The minimum absolute atomic E-state index is 0.0745. The number of hydrogen-bond donors (Lipinski definition) is 1. The summed E-state index contributed by atoms with van der Waals surface area (Å²) in [4.78, 5) is 24.4. The van der Waals surface area contributed by atoms with Crippen molar-refractivity contribution in [2.45, 2.75) is 39.4 Å². The Bertz CT molecular complexity index is 766. The molecule has 136 valence electrons. The third-order valence-electron chi connectivity index (χ3n) is 4.44. The van der Waals surface area contributed by atoms with Gasteiger partial charge in [0.15, 0.2) is 0 Å². The summed E-state index contributed by atoms with van der Waals surface area (Å²) in [5.41, 5.74) is 4.68. The molecule has 1 fully saturated rings. The molecule has 1 aliphatic heterocycles. The first-order valence-corrected chi connectivity index (χ1v) is 8.74. The van der Waals surface area contributed by atoms with E-state index < -0.39 is 0 Å². The van der Waals surface area contributed by atoms with Crippen LogP contribution in [0.1, 0.15) is 27.2 Å². The first kappa shape index (κ1) is 17.8.